The third-order valence-electron chi connectivity index (χ3n) is 3.54. The minimum Gasteiger partial charge on any atom is -0.465 e. The lowest BCUT2D eigenvalue weighted by atomic mass is 10.0. The van der Waals surface area contributed by atoms with Gasteiger partial charge in [-0.05, 0) is 12.1 Å². The summed E-state index contributed by atoms with van der Waals surface area (Å²) in [6, 6.07) is 4.45. The summed E-state index contributed by atoms with van der Waals surface area (Å²) in [7, 11) is 0. The van der Waals surface area contributed by atoms with E-state index in [-0.39, 0.29) is 25.3 Å². The zero-order chi connectivity index (χ0) is 17.1. The van der Waals surface area contributed by atoms with Crippen LogP contribution in [0.5, 0.6) is 0 Å². The van der Waals surface area contributed by atoms with Crippen molar-refractivity contribution in [3.05, 3.63) is 35.4 Å². The molecule has 128 valence electrons. The molecule has 5 nitrogen and oxygen atoms in total. The van der Waals surface area contributed by atoms with Crippen LogP contribution in [-0.4, -0.2) is 48.8 Å². The van der Waals surface area contributed by atoms with Gasteiger partial charge in [-0.15, -0.1) is 0 Å². The fraction of sp³-hybridized carbons (Fsp3) is 0.533. The highest BCUT2D eigenvalue weighted by Gasteiger charge is 2.38. The van der Waals surface area contributed by atoms with Crippen LogP contribution in [0, 0.1) is 0 Å². The van der Waals surface area contributed by atoms with E-state index in [2.05, 4.69) is 0 Å². The summed E-state index contributed by atoms with van der Waals surface area (Å²) in [5.41, 5.74) is -0.798. The molecular formula is C15H18F3NO4. The molecule has 0 spiro atoms. The van der Waals surface area contributed by atoms with Gasteiger partial charge in [-0.2, -0.15) is 13.2 Å². The molecule has 1 atom stereocenters. The number of morpholine rings is 1. The number of nitrogens with zero attached hydrogens (tertiary/aromatic N) is 1. The Morgan fingerprint density at radius 1 is 1.48 bits per heavy atom. The largest absolute Gasteiger partial charge is 0.465 e. The van der Waals surface area contributed by atoms with Gasteiger partial charge in [0.05, 0.1) is 18.7 Å². The van der Waals surface area contributed by atoms with Crippen LogP contribution in [0.4, 0.5) is 13.2 Å². The zero-order valence-corrected chi connectivity index (χ0v) is 12.6. The number of carbonyl (C=O) groups is 1. The van der Waals surface area contributed by atoms with E-state index >= 15 is 0 Å². The van der Waals surface area contributed by atoms with Gasteiger partial charge < -0.3 is 14.6 Å². The molecule has 1 heterocycles. The highest BCUT2D eigenvalue weighted by atomic mass is 19.4. The Kier molecular flexibility index (Phi) is 5.28. The van der Waals surface area contributed by atoms with Crippen LogP contribution < -0.4 is 0 Å². The number of β-amino-alcohol motifs (C(OH)–C–C–N with tert-alkyl or cyclic N) is 1. The van der Waals surface area contributed by atoms with Crippen LogP contribution in [0.2, 0.25) is 0 Å². The zero-order valence-electron chi connectivity index (χ0n) is 12.6. The van der Waals surface area contributed by atoms with Crippen molar-refractivity contribution >= 4 is 5.97 Å². The van der Waals surface area contributed by atoms with Gasteiger partial charge in [0, 0.05) is 25.6 Å². The maximum Gasteiger partial charge on any atom is 0.416 e. The van der Waals surface area contributed by atoms with E-state index < -0.39 is 23.5 Å². The molecule has 0 aromatic heterocycles. The first kappa shape index (κ1) is 17.7. The summed E-state index contributed by atoms with van der Waals surface area (Å²) in [4.78, 5) is 12.5. The predicted octanol–water partition coefficient (Wildman–Crippen LogP) is 1.75. The highest BCUT2D eigenvalue weighted by molar-refractivity contribution is 5.65. The number of alkyl halides is 3. The van der Waals surface area contributed by atoms with Gasteiger partial charge in [0.25, 0.3) is 0 Å². The molecule has 2 rings (SSSR count). The second-order valence-electron chi connectivity index (χ2n) is 5.33. The average Bonchev–Trinajstić information content (AvgIpc) is 2.46. The van der Waals surface area contributed by atoms with E-state index in [1.165, 1.54) is 19.1 Å². The quantitative estimate of drug-likeness (QED) is 0.851. The monoisotopic (exact) mass is 333 g/mol. The number of aliphatic hydroxyl groups is 1. The Hall–Kier alpha value is -1.64. The maximum atomic E-state index is 12.8. The van der Waals surface area contributed by atoms with Crippen LogP contribution in [0.15, 0.2) is 24.3 Å². The van der Waals surface area contributed by atoms with Crippen molar-refractivity contribution in [2.45, 2.75) is 18.9 Å². The SMILES string of the molecule is CC(=O)OCCN1CCO[C@@](O)(c2cccc(C(F)(F)F)c2)C1. The number of esters is 1. The standard InChI is InChI=1S/C15H18F3NO4/c1-11(20)22-7-5-19-6-8-23-14(21,10-19)12-3-2-4-13(9-12)15(16,17)18/h2-4,9,21H,5-8,10H2,1H3/t14-/m1/s1. The summed E-state index contributed by atoms with van der Waals surface area (Å²) in [5.74, 6) is -2.23. The van der Waals surface area contributed by atoms with E-state index in [0.29, 0.717) is 13.1 Å². The molecule has 0 amide bonds. The Morgan fingerprint density at radius 2 is 2.22 bits per heavy atom. The van der Waals surface area contributed by atoms with Gasteiger partial charge in [0.2, 0.25) is 5.79 Å². The third-order valence-corrected chi connectivity index (χ3v) is 3.54. The van der Waals surface area contributed by atoms with E-state index in [1.54, 1.807) is 4.90 Å². The van der Waals surface area contributed by atoms with E-state index in [9.17, 15) is 23.1 Å². The van der Waals surface area contributed by atoms with Crippen LogP contribution in [0.25, 0.3) is 0 Å². The molecule has 0 unspecified atom stereocenters. The topological polar surface area (TPSA) is 59.0 Å². The first-order chi connectivity index (χ1) is 10.7. The van der Waals surface area contributed by atoms with Crippen LogP contribution in [0.1, 0.15) is 18.1 Å². The molecule has 1 aliphatic heterocycles. The van der Waals surface area contributed by atoms with Crippen molar-refractivity contribution in [2.75, 3.05) is 32.8 Å². The third kappa shape index (κ3) is 4.66. The minimum atomic E-state index is -4.49. The van der Waals surface area contributed by atoms with Crippen molar-refractivity contribution in [3.63, 3.8) is 0 Å². The molecule has 0 aliphatic carbocycles. The van der Waals surface area contributed by atoms with Gasteiger partial charge in [-0.25, -0.2) is 0 Å². The Labute approximate surface area is 131 Å². The van der Waals surface area contributed by atoms with Crippen LogP contribution in [0.3, 0.4) is 0 Å². The second kappa shape index (κ2) is 6.86. The molecule has 1 N–H and O–H groups in total. The number of hydrogen-bond donors (Lipinski definition) is 1. The van der Waals surface area contributed by atoms with Crippen molar-refractivity contribution in [1.82, 2.24) is 4.90 Å². The van der Waals surface area contributed by atoms with Crippen LogP contribution in [-0.2, 0) is 26.2 Å². The molecule has 23 heavy (non-hydrogen) atoms. The summed E-state index contributed by atoms with van der Waals surface area (Å²) >= 11 is 0. The summed E-state index contributed by atoms with van der Waals surface area (Å²) < 4.78 is 48.5. The number of rotatable bonds is 4. The number of carbonyl (C=O) groups excluding carboxylic acids is 1. The lowest BCUT2D eigenvalue weighted by Gasteiger charge is -2.39. The normalized spacial score (nSPS) is 22.8. The summed E-state index contributed by atoms with van der Waals surface area (Å²) in [6.45, 7) is 2.45. The molecule has 8 heteroatoms. The lowest BCUT2D eigenvalue weighted by Crippen LogP contribution is -2.50. The highest BCUT2D eigenvalue weighted by Crippen LogP contribution is 2.33. The molecule has 0 radical (unpaired) electrons. The molecule has 1 aromatic carbocycles. The Morgan fingerprint density at radius 3 is 2.87 bits per heavy atom. The molecule has 1 fully saturated rings. The maximum absolute atomic E-state index is 12.8. The fourth-order valence-electron chi connectivity index (χ4n) is 2.39. The molecule has 0 saturated carbocycles. The van der Waals surface area contributed by atoms with E-state index in [1.807, 2.05) is 0 Å². The summed E-state index contributed by atoms with van der Waals surface area (Å²) in [5, 5.41) is 10.6. The Balaban J connectivity index is 2.10. The number of hydrogen-bond acceptors (Lipinski definition) is 5. The summed E-state index contributed by atoms with van der Waals surface area (Å²) in [6.07, 6.45) is -4.49. The predicted molar refractivity (Wildman–Crippen MR) is 74.4 cm³/mol. The number of halogens is 3. The van der Waals surface area contributed by atoms with Gasteiger partial charge in [-0.3, -0.25) is 9.69 Å². The molecule has 1 aromatic rings. The van der Waals surface area contributed by atoms with E-state index in [4.69, 9.17) is 9.47 Å². The number of ether oxygens (including phenoxy) is 2. The lowest BCUT2D eigenvalue weighted by molar-refractivity contribution is -0.248. The fourth-order valence-corrected chi connectivity index (χ4v) is 2.39. The molecule has 0 bridgehead atoms. The molecule has 1 saturated heterocycles. The van der Waals surface area contributed by atoms with Crippen LogP contribution >= 0.6 is 0 Å². The van der Waals surface area contributed by atoms with Gasteiger partial charge in [-0.1, -0.05) is 12.1 Å². The van der Waals surface area contributed by atoms with Gasteiger partial charge in [0.15, 0.2) is 0 Å². The Bertz CT molecular complexity index is 564. The first-order valence-corrected chi connectivity index (χ1v) is 7.10. The first-order valence-electron chi connectivity index (χ1n) is 7.10. The van der Waals surface area contributed by atoms with Crippen molar-refractivity contribution < 1.29 is 32.5 Å². The smallest absolute Gasteiger partial charge is 0.416 e. The van der Waals surface area contributed by atoms with E-state index in [0.717, 1.165) is 12.1 Å². The second-order valence-corrected chi connectivity index (χ2v) is 5.33. The van der Waals surface area contributed by atoms with Gasteiger partial charge in [0.1, 0.15) is 6.61 Å². The minimum absolute atomic E-state index is 0.00439. The van der Waals surface area contributed by atoms with Crippen molar-refractivity contribution in [2.24, 2.45) is 0 Å². The van der Waals surface area contributed by atoms with Crippen molar-refractivity contribution in [3.8, 4) is 0 Å². The molecule has 1 aliphatic rings. The van der Waals surface area contributed by atoms with Gasteiger partial charge >= 0.3 is 12.1 Å². The molecular weight excluding hydrogens is 315 g/mol. The average molecular weight is 333 g/mol. The van der Waals surface area contributed by atoms with Crippen molar-refractivity contribution in [1.29, 1.82) is 0 Å². The number of benzene rings is 1.